The third-order valence-electron chi connectivity index (χ3n) is 3.25. The molecule has 10 heavy (non-hydrogen) atoms. The van der Waals surface area contributed by atoms with Crippen LogP contribution in [0.1, 0.15) is 25.7 Å². The maximum Gasteiger partial charge on any atom is 0.166 e. The molecule has 3 heterocycles. The van der Waals surface area contributed by atoms with E-state index in [1.807, 2.05) is 0 Å². The Hall–Kier alpha value is 0.640. The van der Waals surface area contributed by atoms with Crippen molar-refractivity contribution in [1.29, 1.82) is 0 Å². The second-order valence-corrected chi connectivity index (χ2v) is 6.89. The van der Waals surface area contributed by atoms with Crippen LogP contribution in [0.2, 0.25) is 0 Å². The zero-order valence-electron chi connectivity index (χ0n) is 5.92. The molecule has 3 rings (SSSR count). The Morgan fingerprint density at radius 2 is 1.50 bits per heavy atom. The molecule has 0 N–H and O–H groups in total. The molecule has 3 saturated heterocycles. The summed E-state index contributed by atoms with van der Waals surface area (Å²) >= 11 is 6.24. The normalized spacial score (nSPS) is 63.9. The smallest absolute Gasteiger partial charge is 0.118 e. The van der Waals surface area contributed by atoms with E-state index in [0.717, 1.165) is 26.6 Å². The van der Waals surface area contributed by atoms with Crippen molar-refractivity contribution in [1.82, 2.24) is 0 Å². The SMILES string of the molecule is Cl[C@@H]1CCC2C3CC[C@H]1[S+]23. The van der Waals surface area contributed by atoms with Gasteiger partial charge in [0.1, 0.15) is 5.25 Å². The molecule has 0 nitrogen and oxygen atoms in total. The van der Waals surface area contributed by atoms with Gasteiger partial charge in [-0.3, -0.25) is 0 Å². The van der Waals surface area contributed by atoms with E-state index in [1.54, 1.807) is 0 Å². The fourth-order valence-electron chi connectivity index (χ4n) is 2.74. The molecule has 5 atom stereocenters. The largest absolute Gasteiger partial charge is 0.166 e. The minimum atomic E-state index is 0.562. The van der Waals surface area contributed by atoms with Crippen molar-refractivity contribution in [2.24, 2.45) is 0 Å². The third kappa shape index (κ3) is 0.615. The number of rotatable bonds is 0. The molecule has 0 amide bonds. The molecule has 3 unspecified atom stereocenters. The van der Waals surface area contributed by atoms with Crippen LogP contribution in [-0.2, 0) is 10.9 Å². The molecule has 2 heteroatoms. The lowest BCUT2D eigenvalue weighted by Crippen LogP contribution is -2.28. The number of hydrogen-bond donors (Lipinski definition) is 0. The Morgan fingerprint density at radius 1 is 0.900 bits per heavy atom. The molecule has 0 aliphatic carbocycles. The standard InChI is InChI=1S/C8H12ClS/c9-5-1-2-7-8-4-3-6(5)10(7)8/h5-8H,1-4H2/q+1/t5-,6-,7?,8?,10?/m1/s1. The van der Waals surface area contributed by atoms with Crippen molar-refractivity contribution < 1.29 is 0 Å². The molecule has 3 fully saturated rings. The highest BCUT2D eigenvalue weighted by atomic mass is 35.5. The van der Waals surface area contributed by atoms with E-state index in [4.69, 9.17) is 11.6 Å². The Balaban J connectivity index is 1.89. The number of alkyl halides is 1. The van der Waals surface area contributed by atoms with Gasteiger partial charge in [-0.1, -0.05) is 0 Å². The third-order valence-corrected chi connectivity index (χ3v) is 7.40. The molecule has 3 aliphatic rings. The van der Waals surface area contributed by atoms with Crippen LogP contribution < -0.4 is 0 Å². The van der Waals surface area contributed by atoms with E-state index in [-0.39, 0.29) is 0 Å². The second kappa shape index (κ2) is 1.87. The van der Waals surface area contributed by atoms with Gasteiger partial charge in [-0.05, 0) is 6.42 Å². The molecule has 56 valence electrons. The van der Waals surface area contributed by atoms with E-state index >= 15 is 0 Å². The summed E-state index contributed by atoms with van der Waals surface area (Å²) < 4.78 is 0. The minimum Gasteiger partial charge on any atom is -0.118 e. The first-order valence-corrected chi connectivity index (χ1v) is 6.08. The average molecular weight is 176 g/mol. The summed E-state index contributed by atoms with van der Waals surface area (Å²) in [6, 6.07) is 0. The summed E-state index contributed by atoms with van der Waals surface area (Å²) in [4.78, 5) is 0. The Bertz CT molecular complexity index is 167. The predicted molar refractivity (Wildman–Crippen MR) is 46.8 cm³/mol. The molecule has 0 bridgehead atoms. The summed E-state index contributed by atoms with van der Waals surface area (Å²) in [6.45, 7) is 0. The summed E-state index contributed by atoms with van der Waals surface area (Å²) in [6.07, 6.45) is 5.75. The van der Waals surface area contributed by atoms with E-state index in [1.165, 1.54) is 25.7 Å². The Labute approximate surface area is 69.7 Å². The maximum atomic E-state index is 6.24. The maximum absolute atomic E-state index is 6.24. The quantitative estimate of drug-likeness (QED) is 0.300. The van der Waals surface area contributed by atoms with E-state index in [9.17, 15) is 0 Å². The van der Waals surface area contributed by atoms with Crippen LogP contribution in [0.3, 0.4) is 0 Å². The minimum absolute atomic E-state index is 0.562. The van der Waals surface area contributed by atoms with Crippen LogP contribution in [0.5, 0.6) is 0 Å². The van der Waals surface area contributed by atoms with Crippen molar-refractivity contribution in [2.75, 3.05) is 0 Å². The summed E-state index contributed by atoms with van der Waals surface area (Å²) in [5.74, 6) is 0. The van der Waals surface area contributed by atoms with Crippen molar-refractivity contribution in [3.8, 4) is 0 Å². The topological polar surface area (TPSA) is 0 Å². The van der Waals surface area contributed by atoms with E-state index in [0.29, 0.717) is 5.38 Å². The average Bonchev–Trinajstić information content (AvgIpc) is 2.40. The number of hydrogen-bond acceptors (Lipinski definition) is 0. The summed E-state index contributed by atoms with van der Waals surface area (Å²) in [5.41, 5.74) is 0. The van der Waals surface area contributed by atoms with Crippen LogP contribution >= 0.6 is 11.6 Å². The molecule has 0 aromatic carbocycles. The van der Waals surface area contributed by atoms with Crippen LogP contribution in [0.25, 0.3) is 0 Å². The fraction of sp³-hybridized carbons (Fsp3) is 1.00. The van der Waals surface area contributed by atoms with Gasteiger partial charge in [0.2, 0.25) is 0 Å². The van der Waals surface area contributed by atoms with Crippen molar-refractivity contribution in [3.05, 3.63) is 0 Å². The molecule has 0 spiro atoms. The highest BCUT2D eigenvalue weighted by Gasteiger charge is 2.72. The molecule has 0 aromatic rings. The molecule has 3 aliphatic heterocycles. The van der Waals surface area contributed by atoms with Gasteiger partial charge in [0.05, 0.1) is 5.38 Å². The second-order valence-electron chi connectivity index (χ2n) is 3.69. The summed E-state index contributed by atoms with van der Waals surface area (Å²) in [7, 11) is 0.836. The van der Waals surface area contributed by atoms with Crippen molar-refractivity contribution in [3.63, 3.8) is 0 Å². The number of fused-ring (bicyclic) bond motifs is 1. The fourth-order valence-corrected chi connectivity index (χ4v) is 7.06. The van der Waals surface area contributed by atoms with Gasteiger partial charge in [-0.25, -0.2) is 0 Å². The van der Waals surface area contributed by atoms with Crippen LogP contribution in [0.4, 0.5) is 0 Å². The molecule has 0 aromatic heterocycles. The lowest BCUT2D eigenvalue weighted by molar-refractivity contribution is 0.566. The van der Waals surface area contributed by atoms with Gasteiger partial charge < -0.3 is 0 Å². The lowest BCUT2D eigenvalue weighted by Gasteiger charge is -2.17. The highest BCUT2D eigenvalue weighted by Crippen LogP contribution is 2.57. The monoisotopic (exact) mass is 175 g/mol. The zero-order chi connectivity index (χ0) is 6.72. The van der Waals surface area contributed by atoms with E-state index in [2.05, 4.69) is 0 Å². The van der Waals surface area contributed by atoms with Crippen LogP contribution in [0, 0.1) is 0 Å². The molecule has 0 saturated carbocycles. The van der Waals surface area contributed by atoms with Crippen molar-refractivity contribution in [2.45, 2.75) is 46.8 Å². The first-order chi connectivity index (χ1) is 4.88. The van der Waals surface area contributed by atoms with Gasteiger partial charge in [-0.2, -0.15) is 0 Å². The molecule has 0 radical (unpaired) electrons. The van der Waals surface area contributed by atoms with Crippen LogP contribution in [-0.4, -0.2) is 21.1 Å². The zero-order valence-corrected chi connectivity index (χ0v) is 7.50. The van der Waals surface area contributed by atoms with Gasteiger partial charge in [0.25, 0.3) is 0 Å². The Morgan fingerprint density at radius 3 is 2.20 bits per heavy atom. The predicted octanol–water partition coefficient (Wildman–Crippen LogP) is 1.92. The van der Waals surface area contributed by atoms with Gasteiger partial charge >= 0.3 is 0 Å². The van der Waals surface area contributed by atoms with Gasteiger partial charge in [-0.15, -0.1) is 11.6 Å². The number of halogens is 1. The van der Waals surface area contributed by atoms with E-state index < -0.39 is 0 Å². The van der Waals surface area contributed by atoms with Crippen molar-refractivity contribution >= 4 is 22.5 Å². The first kappa shape index (κ1) is 6.19. The van der Waals surface area contributed by atoms with Gasteiger partial charge in [0.15, 0.2) is 10.5 Å². The molecular formula is C8H12ClS+. The first-order valence-electron chi connectivity index (χ1n) is 4.22. The highest BCUT2D eigenvalue weighted by molar-refractivity contribution is 8.06. The lowest BCUT2D eigenvalue weighted by atomic mass is 10.0. The Kier molecular flexibility index (Phi) is 1.15. The van der Waals surface area contributed by atoms with Crippen LogP contribution in [0.15, 0.2) is 0 Å². The van der Waals surface area contributed by atoms with Gasteiger partial charge in [0, 0.05) is 30.2 Å². The molecular weight excluding hydrogens is 164 g/mol. The summed E-state index contributed by atoms with van der Waals surface area (Å²) in [5, 5.41) is 3.85.